The van der Waals surface area contributed by atoms with Gasteiger partial charge in [-0.2, -0.15) is 4.98 Å². The highest BCUT2D eigenvalue weighted by molar-refractivity contribution is 7.10. The molecule has 0 radical (unpaired) electrons. The highest BCUT2D eigenvalue weighted by atomic mass is 32.1. The van der Waals surface area contributed by atoms with Crippen LogP contribution in [0.2, 0.25) is 0 Å². The van der Waals surface area contributed by atoms with E-state index in [0.717, 1.165) is 49.5 Å². The van der Waals surface area contributed by atoms with Gasteiger partial charge in [0, 0.05) is 23.9 Å². The van der Waals surface area contributed by atoms with Gasteiger partial charge < -0.3 is 14.2 Å². The number of carbonyl (C=O) groups excluding carboxylic acids is 1. The Hall–Kier alpha value is -1.73. The number of likely N-dealkylation sites (tertiary alicyclic amines) is 1. The molecule has 0 spiro atoms. The smallest absolute Gasteiger partial charge is 0.252 e. The predicted molar refractivity (Wildman–Crippen MR) is 88.7 cm³/mol. The molecular formula is C17H21N3O3S. The second-order valence-electron chi connectivity index (χ2n) is 6.47. The molecule has 2 aromatic heterocycles. The van der Waals surface area contributed by atoms with E-state index in [-0.39, 0.29) is 12.0 Å². The van der Waals surface area contributed by atoms with Gasteiger partial charge in [-0.25, -0.2) is 0 Å². The third-order valence-electron chi connectivity index (χ3n) is 4.57. The number of hydrogen-bond acceptors (Lipinski definition) is 6. The van der Waals surface area contributed by atoms with E-state index in [9.17, 15) is 4.79 Å². The molecule has 0 atom stereocenters. The van der Waals surface area contributed by atoms with Gasteiger partial charge in [0.15, 0.2) is 5.82 Å². The van der Waals surface area contributed by atoms with Gasteiger partial charge in [0.1, 0.15) is 6.61 Å². The van der Waals surface area contributed by atoms with Gasteiger partial charge in [-0.3, -0.25) is 4.79 Å². The van der Waals surface area contributed by atoms with E-state index in [1.54, 1.807) is 11.3 Å². The van der Waals surface area contributed by atoms with E-state index < -0.39 is 0 Å². The first kappa shape index (κ1) is 15.8. The molecule has 2 aromatic rings. The molecule has 2 aliphatic rings. The van der Waals surface area contributed by atoms with Gasteiger partial charge in [-0.05, 0) is 37.1 Å². The molecule has 1 aliphatic heterocycles. The second kappa shape index (κ2) is 7.03. The number of piperidine rings is 1. The zero-order chi connectivity index (χ0) is 16.4. The van der Waals surface area contributed by atoms with E-state index in [1.165, 1.54) is 0 Å². The SMILES string of the molecule is O=C(Cc1cccs1)N1CCC(OCc2nc(C3CC3)no2)CC1. The molecule has 0 aromatic carbocycles. The van der Waals surface area contributed by atoms with Crippen LogP contribution in [0.3, 0.4) is 0 Å². The molecule has 0 unspecified atom stereocenters. The molecule has 7 heteroatoms. The molecule has 0 bridgehead atoms. The lowest BCUT2D eigenvalue weighted by molar-refractivity contribution is -0.133. The summed E-state index contributed by atoms with van der Waals surface area (Å²) in [5, 5.41) is 6.00. The lowest BCUT2D eigenvalue weighted by Crippen LogP contribution is -2.41. The summed E-state index contributed by atoms with van der Waals surface area (Å²) in [6.45, 7) is 1.88. The topological polar surface area (TPSA) is 68.5 Å². The summed E-state index contributed by atoms with van der Waals surface area (Å²) >= 11 is 1.63. The fourth-order valence-electron chi connectivity index (χ4n) is 2.97. The van der Waals surface area contributed by atoms with E-state index in [2.05, 4.69) is 10.1 Å². The summed E-state index contributed by atoms with van der Waals surface area (Å²) < 4.78 is 11.1. The molecule has 6 nitrogen and oxygen atoms in total. The minimum atomic E-state index is 0.159. The summed E-state index contributed by atoms with van der Waals surface area (Å²) in [7, 11) is 0. The monoisotopic (exact) mass is 347 g/mol. The summed E-state index contributed by atoms with van der Waals surface area (Å²) in [5.74, 6) is 2.10. The van der Waals surface area contributed by atoms with Gasteiger partial charge in [-0.15, -0.1) is 11.3 Å². The van der Waals surface area contributed by atoms with Crippen LogP contribution in [0.25, 0.3) is 0 Å². The molecular weight excluding hydrogens is 326 g/mol. The molecule has 4 rings (SSSR count). The largest absolute Gasteiger partial charge is 0.368 e. The Balaban J connectivity index is 1.20. The molecule has 0 N–H and O–H groups in total. The average molecular weight is 347 g/mol. The van der Waals surface area contributed by atoms with Crippen molar-refractivity contribution in [3.05, 3.63) is 34.1 Å². The highest BCUT2D eigenvalue weighted by Gasteiger charge is 2.29. The lowest BCUT2D eigenvalue weighted by Gasteiger charge is -2.31. The Kier molecular flexibility index (Phi) is 4.62. The number of thiophene rings is 1. The number of rotatable bonds is 6. The maximum Gasteiger partial charge on any atom is 0.252 e. The number of carbonyl (C=O) groups is 1. The lowest BCUT2D eigenvalue weighted by atomic mass is 10.1. The predicted octanol–water partition coefficient (Wildman–Crippen LogP) is 2.76. The van der Waals surface area contributed by atoms with Crippen molar-refractivity contribution in [3.63, 3.8) is 0 Å². The molecule has 128 valence electrons. The second-order valence-corrected chi connectivity index (χ2v) is 7.50. The number of nitrogens with zero attached hydrogens (tertiary/aromatic N) is 3. The number of ether oxygens (including phenoxy) is 1. The van der Waals surface area contributed by atoms with Crippen molar-refractivity contribution in [2.75, 3.05) is 13.1 Å². The zero-order valence-electron chi connectivity index (χ0n) is 13.5. The van der Waals surface area contributed by atoms with E-state index in [1.807, 2.05) is 22.4 Å². The molecule has 24 heavy (non-hydrogen) atoms. The van der Waals surface area contributed by atoms with Gasteiger partial charge >= 0.3 is 0 Å². The summed E-state index contributed by atoms with van der Waals surface area (Å²) in [6, 6.07) is 4.00. The third kappa shape index (κ3) is 3.84. The van der Waals surface area contributed by atoms with E-state index in [4.69, 9.17) is 9.26 Å². The van der Waals surface area contributed by atoms with Crippen molar-refractivity contribution in [2.24, 2.45) is 0 Å². The van der Waals surface area contributed by atoms with Crippen molar-refractivity contribution >= 4 is 17.2 Å². The first-order valence-corrected chi connectivity index (χ1v) is 9.40. The maximum atomic E-state index is 12.3. The number of hydrogen-bond donors (Lipinski definition) is 0. The normalized spacial score (nSPS) is 18.9. The summed E-state index contributed by atoms with van der Waals surface area (Å²) in [6.07, 6.45) is 4.72. The Morgan fingerprint density at radius 3 is 2.88 bits per heavy atom. The number of amides is 1. The van der Waals surface area contributed by atoms with Crippen molar-refractivity contribution in [3.8, 4) is 0 Å². The molecule has 3 heterocycles. The Bertz CT molecular complexity index is 673. The van der Waals surface area contributed by atoms with Crippen LogP contribution in [-0.2, 0) is 22.6 Å². The van der Waals surface area contributed by atoms with E-state index in [0.29, 0.717) is 24.8 Å². The van der Waals surface area contributed by atoms with Gasteiger partial charge in [0.2, 0.25) is 5.91 Å². The van der Waals surface area contributed by atoms with Crippen LogP contribution >= 0.6 is 11.3 Å². The zero-order valence-corrected chi connectivity index (χ0v) is 14.3. The fourth-order valence-corrected chi connectivity index (χ4v) is 3.66. The Morgan fingerprint density at radius 2 is 2.17 bits per heavy atom. The van der Waals surface area contributed by atoms with Crippen LogP contribution in [-0.4, -0.2) is 40.1 Å². The van der Waals surface area contributed by atoms with Crippen LogP contribution in [0, 0.1) is 0 Å². The number of aromatic nitrogens is 2. The molecule has 1 saturated carbocycles. The van der Waals surface area contributed by atoms with Crippen molar-refractivity contribution in [1.29, 1.82) is 0 Å². The fraction of sp³-hybridized carbons (Fsp3) is 0.588. The first-order valence-electron chi connectivity index (χ1n) is 8.52. The van der Waals surface area contributed by atoms with Crippen molar-refractivity contribution < 1.29 is 14.1 Å². The Morgan fingerprint density at radius 1 is 1.33 bits per heavy atom. The van der Waals surface area contributed by atoms with Crippen LogP contribution in [0.1, 0.15) is 48.2 Å². The minimum absolute atomic E-state index is 0.159. The van der Waals surface area contributed by atoms with Crippen molar-refractivity contribution in [1.82, 2.24) is 15.0 Å². The van der Waals surface area contributed by atoms with Crippen LogP contribution in [0.4, 0.5) is 0 Å². The third-order valence-corrected chi connectivity index (χ3v) is 5.45. The van der Waals surface area contributed by atoms with Crippen LogP contribution < -0.4 is 0 Å². The first-order chi connectivity index (χ1) is 11.8. The molecule has 1 aliphatic carbocycles. The molecule has 2 fully saturated rings. The summed E-state index contributed by atoms with van der Waals surface area (Å²) in [4.78, 5) is 19.7. The van der Waals surface area contributed by atoms with Gasteiger partial charge in [0.05, 0.1) is 12.5 Å². The van der Waals surface area contributed by atoms with Gasteiger partial charge in [-0.1, -0.05) is 11.2 Å². The minimum Gasteiger partial charge on any atom is -0.368 e. The van der Waals surface area contributed by atoms with Crippen molar-refractivity contribution in [2.45, 2.75) is 50.7 Å². The quantitative estimate of drug-likeness (QED) is 0.804. The highest BCUT2D eigenvalue weighted by Crippen LogP contribution is 2.38. The van der Waals surface area contributed by atoms with Crippen LogP contribution in [0.5, 0.6) is 0 Å². The standard InChI is InChI=1S/C17H21N3O3S/c21-16(10-14-2-1-9-24-14)20-7-5-13(6-8-20)22-11-15-18-17(19-23-15)12-3-4-12/h1-2,9,12-13H,3-8,10-11H2. The van der Waals surface area contributed by atoms with Gasteiger partial charge in [0.25, 0.3) is 5.89 Å². The maximum absolute atomic E-state index is 12.3. The van der Waals surface area contributed by atoms with E-state index >= 15 is 0 Å². The van der Waals surface area contributed by atoms with Crippen LogP contribution in [0.15, 0.2) is 22.0 Å². The average Bonchev–Trinajstić information content (AvgIpc) is 3.13. The molecule has 1 saturated heterocycles. The summed E-state index contributed by atoms with van der Waals surface area (Å²) in [5.41, 5.74) is 0. The molecule has 1 amide bonds. The Labute approximate surface area is 144 Å².